The Hall–Kier alpha value is -1.73. The Labute approximate surface area is 153 Å². The maximum absolute atomic E-state index is 12.5. The molecule has 2 atom stereocenters. The van der Waals surface area contributed by atoms with Crippen molar-refractivity contribution in [2.45, 2.75) is 64.7 Å². The van der Waals surface area contributed by atoms with E-state index < -0.39 is 0 Å². The summed E-state index contributed by atoms with van der Waals surface area (Å²) in [5, 5.41) is 9.53. The first kappa shape index (κ1) is 18.1. The fourth-order valence-electron chi connectivity index (χ4n) is 3.39. The van der Waals surface area contributed by atoms with Gasteiger partial charge in [-0.1, -0.05) is 0 Å². The number of carbonyl (C=O) groups excluding carboxylic acids is 1. The highest BCUT2D eigenvalue weighted by molar-refractivity contribution is 7.07. The van der Waals surface area contributed by atoms with Crippen molar-refractivity contribution in [3.05, 3.63) is 34.5 Å². The number of hydrogen-bond acceptors (Lipinski definition) is 5. The summed E-state index contributed by atoms with van der Waals surface area (Å²) in [6, 6.07) is 0.608. The monoisotopic (exact) mass is 361 g/mol. The Balaban J connectivity index is 1.85. The van der Waals surface area contributed by atoms with Crippen LogP contribution >= 0.6 is 11.3 Å². The molecule has 0 saturated carbocycles. The third-order valence-electron chi connectivity index (χ3n) is 4.71. The summed E-state index contributed by atoms with van der Waals surface area (Å²) < 4.78 is 2.00. The predicted molar refractivity (Wildman–Crippen MR) is 99.8 cm³/mol. The van der Waals surface area contributed by atoms with Gasteiger partial charge in [-0.3, -0.25) is 14.4 Å². The largest absolute Gasteiger partial charge is 0.346 e. The maximum atomic E-state index is 12.5. The fourth-order valence-corrected chi connectivity index (χ4v) is 3.93. The summed E-state index contributed by atoms with van der Waals surface area (Å²) in [7, 11) is 0. The average molecular weight is 362 g/mol. The summed E-state index contributed by atoms with van der Waals surface area (Å²) in [5.41, 5.74) is 3.29. The van der Waals surface area contributed by atoms with Crippen molar-refractivity contribution in [2.24, 2.45) is 0 Å². The van der Waals surface area contributed by atoms with E-state index in [1.54, 1.807) is 10.9 Å². The number of nitrogens with zero attached hydrogens (tertiary/aromatic N) is 4. The van der Waals surface area contributed by atoms with Crippen LogP contribution in [0.1, 0.15) is 63.1 Å². The van der Waals surface area contributed by atoms with Crippen molar-refractivity contribution in [1.82, 2.24) is 25.0 Å². The molecule has 1 N–H and O–H groups in total. The molecule has 2 aromatic rings. The van der Waals surface area contributed by atoms with Gasteiger partial charge in [0.25, 0.3) is 5.91 Å². The first-order valence-corrected chi connectivity index (χ1v) is 9.71. The molecule has 136 valence electrons. The zero-order valence-electron chi connectivity index (χ0n) is 15.6. The van der Waals surface area contributed by atoms with E-state index in [9.17, 15) is 4.79 Å². The van der Waals surface area contributed by atoms with Gasteiger partial charge in [-0.15, -0.1) is 11.3 Å². The second-order valence-electron chi connectivity index (χ2n) is 7.91. The van der Waals surface area contributed by atoms with E-state index in [-0.39, 0.29) is 23.5 Å². The van der Waals surface area contributed by atoms with Crippen LogP contribution in [0.3, 0.4) is 0 Å². The molecule has 0 aliphatic carbocycles. The molecule has 3 rings (SSSR count). The molecule has 0 unspecified atom stereocenters. The molecule has 1 aliphatic heterocycles. The number of nitrogens with one attached hydrogen (secondary N) is 1. The number of likely N-dealkylation sites (tertiary alicyclic amines) is 1. The summed E-state index contributed by atoms with van der Waals surface area (Å²) in [5.74, 6) is -0.0925. The van der Waals surface area contributed by atoms with E-state index in [2.05, 4.69) is 61.1 Å². The molecule has 1 aliphatic rings. The molecule has 25 heavy (non-hydrogen) atoms. The van der Waals surface area contributed by atoms with Crippen LogP contribution in [-0.2, 0) is 5.54 Å². The highest BCUT2D eigenvalue weighted by Gasteiger charge is 2.38. The zero-order chi connectivity index (χ0) is 18.2. The van der Waals surface area contributed by atoms with E-state index in [1.807, 2.05) is 10.9 Å². The van der Waals surface area contributed by atoms with Gasteiger partial charge in [0, 0.05) is 29.7 Å². The first-order valence-electron chi connectivity index (χ1n) is 8.77. The van der Waals surface area contributed by atoms with Crippen LogP contribution < -0.4 is 5.32 Å². The van der Waals surface area contributed by atoms with E-state index in [0.29, 0.717) is 11.7 Å². The van der Waals surface area contributed by atoms with E-state index >= 15 is 0 Å². The molecular formula is C18H27N5OS. The molecule has 2 aromatic heterocycles. The lowest BCUT2D eigenvalue weighted by Crippen LogP contribution is -2.41. The van der Waals surface area contributed by atoms with Crippen LogP contribution in [-0.4, -0.2) is 44.2 Å². The number of hydrogen-bond donors (Lipinski definition) is 1. The SMILES string of the molecule is CC(C)N1CC[C@H](NC(=O)c2cscn2)[C@@H]1c1cnn(C(C)(C)C)c1. The van der Waals surface area contributed by atoms with Crippen LogP contribution in [0.4, 0.5) is 0 Å². The number of carbonyl (C=O) groups is 1. The Morgan fingerprint density at radius 3 is 2.72 bits per heavy atom. The van der Waals surface area contributed by atoms with Crippen molar-refractivity contribution >= 4 is 17.2 Å². The van der Waals surface area contributed by atoms with Crippen LogP contribution in [0, 0.1) is 0 Å². The van der Waals surface area contributed by atoms with Crippen molar-refractivity contribution in [3.63, 3.8) is 0 Å². The number of amides is 1. The highest BCUT2D eigenvalue weighted by Crippen LogP contribution is 2.34. The lowest BCUT2D eigenvalue weighted by atomic mass is 10.0. The smallest absolute Gasteiger partial charge is 0.271 e. The summed E-state index contributed by atoms with van der Waals surface area (Å²) in [4.78, 5) is 19.0. The van der Waals surface area contributed by atoms with E-state index in [0.717, 1.165) is 18.5 Å². The molecule has 7 heteroatoms. The van der Waals surface area contributed by atoms with Crippen molar-refractivity contribution < 1.29 is 4.79 Å². The van der Waals surface area contributed by atoms with Gasteiger partial charge in [0.1, 0.15) is 5.69 Å². The number of aromatic nitrogens is 3. The fraction of sp³-hybridized carbons (Fsp3) is 0.611. The molecular weight excluding hydrogens is 334 g/mol. The molecule has 3 heterocycles. The average Bonchev–Trinajstić information content (AvgIpc) is 3.26. The van der Waals surface area contributed by atoms with Crippen molar-refractivity contribution in [2.75, 3.05) is 6.54 Å². The van der Waals surface area contributed by atoms with Crippen LogP contribution in [0.2, 0.25) is 0 Å². The van der Waals surface area contributed by atoms with Gasteiger partial charge in [-0.05, 0) is 41.0 Å². The summed E-state index contributed by atoms with van der Waals surface area (Å²) >= 11 is 1.44. The molecule has 0 radical (unpaired) electrons. The number of rotatable bonds is 4. The standard InChI is InChI=1S/C18H27N5OS/c1-12(2)22-7-6-14(21-17(24)15-10-25-11-19-15)16(22)13-8-20-23(9-13)18(3,4)5/h8-12,14,16H,6-7H2,1-5H3,(H,21,24)/t14-,16-/m0/s1. The van der Waals surface area contributed by atoms with Gasteiger partial charge in [-0.25, -0.2) is 4.98 Å². The lowest BCUT2D eigenvalue weighted by molar-refractivity contribution is 0.0915. The Morgan fingerprint density at radius 2 is 2.16 bits per heavy atom. The van der Waals surface area contributed by atoms with Gasteiger partial charge in [0.05, 0.1) is 29.3 Å². The summed E-state index contributed by atoms with van der Waals surface area (Å²) in [6.07, 6.45) is 4.99. The number of thiazole rings is 1. The van der Waals surface area contributed by atoms with Crippen molar-refractivity contribution in [3.8, 4) is 0 Å². The van der Waals surface area contributed by atoms with Gasteiger partial charge >= 0.3 is 0 Å². The van der Waals surface area contributed by atoms with Crippen LogP contribution in [0.25, 0.3) is 0 Å². The lowest BCUT2D eigenvalue weighted by Gasteiger charge is -2.31. The highest BCUT2D eigenvalue weighted by atomic mass is 32.1. The predicted octanol–water partition coefficient (Wildman–Crippen LogP) is 3.05. The molecule has 6 nitrogen and oxygen atoms in total. The minimum atomic E-state index is -0.0925. The van der Waals surface area contributed by atoms with Gasteiger partial charge < -0.3 is 5.32 Å². The normalized spacial score (nSPS) is 21.8. The second kappa shape index (κ2) is 6.88. The minimum absolute atomic E-state index is 0.0567. The quantitative estimate of drug-likeness (QED) is 0.909. The van der Waals surface area contributed by atoms with Crippen molar-refractivity contribution in [1.29, 1.82) is 0 Å². The molecule has 1 saturated heterocycles. The Bertz CT molecular complexity index is 716. The molecule has 1 fully saturated rings. The van der Waals surface area contributed by atoms with Gasteiger partial charge in [0.15, 0.2) is 0 Å². The molecule has 0 aromatic carbocycles. The van der Waals surface area contributed by atoms with Gasteiger partial charge in [0.2, 0.25) is 0 Å². The minimum Gasteiger partial charge on any atom is -0.346 e. The maximum Gasteiger partial charge on any atom is 0.271 e. The topological polar surface area (TPSA) is 63.1 Å². The zero-order valence-corrected chi connectivity index (χ0v) is 16.4. The van der Waals surface area contributed by atoms with E-state index in [4.69, 9.17) is 0 Å². The Morgan fingerprint density at radius 1 is 1.40 bits per heavy atom. The molecule has 0 spiro atoms. The van der Waals surface area contributed by atoms with Crippen LogP contribution in [0.5, 0.6) is 0 Å². The molecule has 0 bridgehead atoms. The van der Waals surface area contributed by atoms with E-state index in [1.165, 1.54) is 11.3 Å². The first-order chi connectivity index (χ1) is 11.8. The second-order valence-corrected chi connectivity index (χ2v) is 8.63. The Kier molecular flexibility index (Phi) is 4.97. The third-order valence-corrected chi connectivity index (χ3v) is 5.30. The third kappa shape index (κ3) is 3.77. The van der Waals surface area contributed by atoms with Crippen LogP contribution in [0.15, 0.2) is 23.3 Å². The van der Waals surface area contributed by atoms with Gasteiger partial charge in [-0.2, -0.15) is 5.10 Å². The molecule has 1 amide bonds. The summed E-state index contributed by atoms with van der Waals surface area (Å²) in [6.45, 7) is 11.8.